The van der Waals surface area contributed by atoms with Crippen LogP contribution in [-0.2, 0) is 6.54 Å². The van der Waals surface area contributed by atoms with Crippen LogP contribution >= 0.6 is 0 Å². The standard InChI is InChI=1S/C15H25NO/c1-5-6-11(2)10-17-15-12(3)7-14(9-16)8-13(15)4/h7-8,11H,5-6,9-10,16H2,1-4H3. The molecule has 2 nitrogen and oxygen atoms in total. The molecule has 0 aliphatic rings. The highest BCUT2D eigenvalue weighted by Gasteiger charge is 2.08. The second kappa shape index (κ2) is 6.65. The van der Waals surface area contributed by atoms with Crippen LogP contribution in [0, 0.1) is 19.8 Å². The highest BCUT2D eigenvalue weighted by atomic mass is 16.5. The largest absolute Gasteiger partial charge is 0.493 e. The Morgan fingerprint density at radius 3 is 2.29 bits per heavy atom. The first-order chi connectivity index (χ1) is 8.08. The van der Waals surface area contributed by atoms with E-state index in [4.69, 9.17) is 10.5 Å². The van der Waals surface area contributed by atoms with Crippen molar-refractivity contribution in [1.29, 1.82) is 0 Å². The van der Waals surface area contributed by atoms with Gasteiger partial charge in [0.25, 0.3) is 0 Å². The molecule has 1 rings (SSSR count). The second-order valence-corrected chi connectivity index (χ2v) is 4.97. The van der Waals surface area contributed by atoms with Gasteiger partial charge in [-0.15, -0.1) is 0 Å². The Labute approximate surface area is 105 Å². The monoisotopic (exact) mass is 235 g/mol. The fourth-order valence-corrected chi connectivity index (χ4v) is 2.19. The molecular formula is C15H25NO. The van der Waals surface area contributed by atoms with Gasteiger partial charge in [-0.1, -0.05) is 32.4 Å². The summed E-state index contributed by atoms with van der Waals surface area (Å²) in [5, 5.41) is 0. The SMILES string of the molecule is CCCC(C)COc1c(C)cc(CN)cc1C. The van der Waals surface area contributed by atoms with E-state index in [1.165, 1.54) is 29.5 Å². The molecule has 0 aromatic heterocycles. The minimum absolute atomic E-state index is 0.591. The number of rotatable bonds is 6. The van der Waals surface area contributed by atoms with Crippen molar-refractivity contribution in [2.75, 3.05) is 6.61 Å². The maximum atomic E-state index is 5.94. The van der Waals surface area contributed by atoms with E-state index in [1.54, 1.807) is 0 Å². The Hall–Kier alpha value is -1.02. The number of nitrogens with two attached hydrogens (primary N) is 1. The van der Waals surface area contributed by atoms with Crippen molar-refractivity contribution in [2.45, 2.75) is 47.1 Å². The van der Waals surface area contributed by atoms with Gasteiger partial charge in [-0.05, 0) is 42.9 Å². The summed E-state index contributed by atoms with van der Waals surface area (Å²) in [5.74, 6) is 1.65. The van der Waals surface area contributed by atoms with Gasteiger partial charge in [0, 0.05) is 6.54 Å². The van der Waals surface area contributed by atoms with Crippen molar-refractivity contribution in [2.24, 2.45) is 11.7 Å². The van der Waals surface area contributed by atoms with Gasteiger partial charge in [-0.25, -0.2) is 0 Å². The van der Waals surface area contributed by atoms with Gasteiger partial charge < -0.3 is 10.5 Å². The van der Waals surface area contributed by atoms with Gasteiger partial charge in [-0.2, -0.15) is 0 Å². The fraction of sp³-hybridized carbons (Fsp3) is 0.600. The molecule has 0 bridgehead atoms. The molecule has 0 aliphatic carbocycles. The van der Waals surface area contributed by atoms with Gasteiger partial charge in [0.05, 0.1) is 6.61 Å². The zero-order valence-electron chi connectivity index (χ0n) is 11.5. The summed E-state index contributed by atoms with van der Waals surface area (Å²) < 4.78 is 5.94. The van der Waals surface area contributed by atoms with Crippen LogP contribution in [0.4, 0.5) is 0 Å². The molecule has 0 radical (unpaired) electrons. The first-order valence-corrected chi connectivity index (χ1v) is 6.51. The zero-order chi connectivity index (χ0) is 12.8. The van der Waals surface area contributed by atoms with Crippen LogP contribution in [0.2, 0.25) is 0 Å². The molecule has 1 atom stereocenters. The molecule has 0 amide bonds. The van der Waals surface area contributed by atoms with E-state index < -0.39 is 0 Å². The molecule has 0 heterocycles. The van der Waals surface area contributed by atoms with Crippen LogP contribution < -0.4 is 10.5 Å². The van der Waals surface area contributed by atoms with E-state index in [1.807, 2.05) is 0 Å². The molecule has 0 fully saturated rings. The second-order valence-electron chi connectivity index (χ2n) is 4.97. The summed E-state index contributed by atoms with van der Waals surface area (Å²) >= 11 is 0. The molecule has 0 spiro atoms. The third-order valence-electron chi connectivity index (χ3n) is 3.05. The smallest absolute Gasteiger partial charge is 0.125 e. The summed E-state index contributed by atoms with van der Waals surface area (Å²) in [7, 11) is 0. The van der Waals surface area contributed by atoms with Crippen molar-refractivity contribution in [3.8, 4) is 5.75 Å². The van der Waals surface area contributed by atoms with E-state index in [0.29, 0.717) is 12.5 Å². The highest BCUT2D eigenvalue weighted by molar-refractivity contribution is 5.43. The van der Waals surface area contributed by atoms with E-state index in [2.05, 4.69) is 39.8 Å². The van der Waals surface area contributed by atoms with Gasteiger partial charge in [0.2, 0.25) is 0 Å². The minimum Gasteiger partial charge on any atom is -0.493 e. The lowest BCUT2D eigenvalue weighted by molar-refractivity contribution is 0.248. The molecule has 96 valence electrons. The predicted octanol–water partition coefficient (Wildman–Crippen LogP) is 3.58. The lowest BCUT2D eigenvalue weighted by atomic mass is 10.0. The number of hydrogen-bond donors (Lipinski definition) is 1. The van der Waals surface area contributed by atoms with Crippen LogP contribution in [0.1, 0.15) is 43.4 Å². The van der Waals surface area contributed by atoms with Crippen molar-refractivity contribution >= 4 is 0 Å². The fourth-order valence-electron chi connectivity index (χ4n) is 2.19. The van der Waals surface area contributed by atoms with Crippen LogP contribution in [0.25, 0.3) is 0 Å². The average molecular weight is 235 g/mol. The zero-order valence-corrected chi connectivity index (χ0v) is 11.5. The van der Waals surface area contributed by atoms with Gasteiger partial charge in [0.15, 0.2) is 0 Å². The molecule has 0 saturated carbocycles. The van der Waals surface area contributed by atoms with Crippen molar-refractivity contribution < 1.29 is 4.74 Å². The van der Waals surface area contributed by atoms with Gasteiger partial charge in [0.1, 0.15) is 5.75 Å². The Bertz CT molecular complexity index is 337. The normalized spacial score (nSPS) is 12.5. The first-order valence-electron chi connectivity index (χ1n) is 6.51. The Balaban J connectivity index is 2.71. The maximum Gasteiger partial charge on any atom is 0.125 e. The molecule has 2 heteroatoms. The van der Waals surface area contributed by atoms with Crippen LogP contribution in [0.3, 0.4) is 0 Å². The first kappa shape index (κ1) is 14.0. The minimum atomic E-state index is 0.591. The van der Waals surface area contributed by atoms with Crippen molar-refractivity contribution in [3.05, 3.63) is 28.8 Å². The van der Waals surface area contributed by atoms with E-state index in [-0.39, 0.29) is 0 Å². The molecule has 1 unspecified atom stereocenters. The van der Waals surface area contributed by atoms with Crippen molar-refractivity contribution in [3.63, 3.8) is 0 Å². The highest BCUT2D eigenvalue weighted by Crippen LogP contribution is 2.25. The summed E-state index contributed by atoms with van der Waals surface area (Å²) in [4.78, 5) is 0. The number of aryl methyl sites for hydroxylation is 2. The number of hydrogen-bond acceptors (Lipinski definition) is 2. The molecule has 1 aromatic rings. The molecule has 0 saturated heterocycles. The topological polar surface area (TPSA) is 35.2 Å². The molecule has 17 heavy (non-hydrogen) atoms. The summed E-state index contributed by atoms with van der Waals surface area (Å²) in [6.07, 6.45) is 2.44. The molecule has 0 aliphatic heterocycles. The number of benzene rings is 1. The van der Waals surface area contributed by atoms with Crippen LogP contribution in [0.15, 0.2) is 12.1 Å². The van der Waals surface area contributed by atoms with Gasteiger partial charge in [-0.3, -0.25) is 0 Å². The average Bonchev–Trinajstić information content (AvgIpc) is 2.28. The van der Waals surface area contributed by atoms with E-state index in [9.17, 15) is 0 Å². The van der Waals surface area contributed by atoms with Crippen LogP contribution in [0.5, 0.6) is 5.75 Å². The third-order valence-corrected chi connectivity index (χ3v) is 3.05. The lowest BCUT2D eigenvalue weighted by Gasteiger charge is -2.16. The Morgan fingerprint density at radius 2 is 1.82 bits per heavy atom. The van der Waals surface area contributed by atoms with Gasteiger partial charge >= 0.3 is 0 Å². The Morgan fingerprint density at radius 1 is 1.24 bits per heavy atom. The van der Waals surface area contributed by atoms with E-state index >= 15 is 0 Å². The maximum absolute atomic E-state index is 5.94. The summed E-state index contributed by atoms with van der Waals surface area (Å²) in [6.45, 7) is 10.0. The molecule has 1 aromatic carbocycles. The summed E-state index contributed by atoms with van der Waals surface area (Å²) in [6, 6.07) is 4.24. The quantitative estimate of drug-likeness (QED) is 0.818. The van der Waals surface area contributed by atoms with Crippen LogP contribution in [-0.4, -0.2) is 6.61 Å². The molecular weight excluding hydrogens is 210 g/mol. The number of ether oxygens (including phenoxy) is 1. The lowest BCUT2D eigenvalue weighted by Crippen LogP contribution is -2.10. The third kappa shape index (κ3) is 4.04. The predicted molar refractivity (Wildman–Crippen MR) is 73.4 cm³/mol. The Kier molecular flexibility index (Phi) is 5.49. The van der Waals surface area contributed by atoms with E-state index in [0.717, 1.165) is 12.4 Å². The van der Waals surface area contributed by atoms with Crippen molar-refractivity contribution in [1.82, 2.24) is 0 Å². The summed E-state index contributed by atoms with van der Waals surface area (Å²) in [5.41, 5.74) is 9.21. The molecule has 2 N–H and O–H groups in total.